The molecule has 21 heavy (non-hydrogen) atoms. The van der Waals surface area contributed by atoms with E-state index >= 15 is 0 Å². The molecule has 7 heteroatoms. The van der Waals surface area contributed by atoms with Crippen LogP contribution in [0.1, 0.15) is 5.56 Å². The van der Waals surface area contributed by atoms with Crippen LogP contribution in [0.15, 0.2) is 30.5 Å². The Kier molecular flexibility index (Phi) is 4.00. The molecule has 0 amide bonds. The first-order chi connectivity index (χ1) is 10.0. The average molecular weight is 285 g/mol. The number of para-hydroxylation sites is 1. The Labute approximate surface area is 119 Å². The van der Waals surface area contributed by atoms with E-state index in [1.54, 1.807) is 24.3 Å². The van der Waals surface area contributed by atoms with Crippen molar-refractivity contribution in [2.45, 2.75) is 0 Å². The highest BCUT2D eigenvalue weighted by atomic mass is 16.4. The van der Waals surface area contributed by atoms with E-state index in [0.29, 0.717) is 10.9 Å². The van der Waals surface area contributed by atoms with Gasteiger partial charge in [-0.2, -0.15) is 5.26 Å². The highest BCUT2D eigenvalue weighted by Gasteiger charge is 2.20. The first-order valence-corrected chi connectivity index (χ1v) is 5.99. The zero-order valence-corrected chi connectivity index (χ0v) is 10.9. The molecule has 2 aromatic rings. The highest BCUT2D eigenvalue weighted by molar-refractivity contribution is 5.97. The van der Waals surface area contributed by atoms with Crippen LogP contribution in [-0.4, -0.2) is 40.2 Å². The Morgan fingerprint density at radius 2 is 1.81 bits per heavy atom. The summed E-state index contributed by atoms with van der Waals surface area (Å²) in [6, 6.07) is 8.78. The van der Waals surface area contributed by atoms with Crippen LogP contribution in [0.25, 0.3) is 10.9 Å². The highest BCUT2D eigenvalue weighted by Crippen LogP contribution is 2.29. The van der Waals surface area contributed by atoms with Gasteiger partial charge < -0.3 is 15.1 Å². The molecule has 0 unspecified atom stereocenters. The fraction of sp³-hybridized carbons (Fsp3) is 0.143. The van der Waals surface area contributed by atoms with Gasteiger partial charge in [-0.25, -0.2) is 0 Å². The summed E-state index contributed by atoms with van der Waals surface area (Å²) in [7, 11) is 0. The summed E-state index contributed by atoms with van der Waals surface area (Å²) >= 11 is 0. The predicted molar refractivity (Wildman–Crippen MR) is 73.9 cm³/mol. The molecule has 2 rings (SSSR count). The first kappa shape index (κ1) is 14.3. The second-order valence-corrected chi connectivity index (χ2v) is 4.29. The summed E-state index contributed by atoms with van der Waals surface area (Å²) in [4.78, 5) is 27.2. The molecular formula is C14H11N3O4. The van der Waals surface area contributed by atoms with Gasteiger partial charge in [-0.05, 0) is 6.07 Å². The van der Waals surface area contributed by atoms with E-state index in [1.807, 2.05) is 6.07 Å². The summed E-state index contributed by atoms with van der Waals surface area (Å²) < 4.78 is 0. The number of carboxylic acids is 2. The van der Waals surface area contributed by atoms with Gasteiger partial charge >= 0.3 is 11.9 Å². The molecule has 0 radical (unpaired) electrons. The lowest BCUT2D eigenvalue weighted by Gasteiger charge is -2.23. The minimum absolute atomic E-state index is 0.135. The summed E-state index contributed by atoms with van der Waals surface area (Å²) in [5.41, 5.74) is 0.969. The van der Waals surface area contributed by atoms with Gasteiger partial charge in [-0.15, -0.1) is 0 Å². The molecule has 0 bridgehead atoms. The van der Waals surface area contributed by atoms with Gasteiger partial charge in [0, 0.05) is 11.6 Å². The number of nitriles is 1. The molecule has 0 aliphatic heterocycles. The zero-order chi connectivity index (χ0) is 15.4. The molecule has 0 saturated heterocycles. The number of nitrogens with zero attached hydrogens (tertiary/aromatic N) is 3. The van der Waals surface area contributed by atoms with Crippen LogP contribution in [-0.2, 0) is 9.59 Å². The summed E-state index contributed by atoms with van der Waals surface area (Å²) in [5.74, 6) is -2.36. The van der Waals surface area contributed by atoms with Crippen molar-refractivity contribution < 1.29 is 19.8 Å². The number of pyridine rings is 1. The SMILES string of the molecule is N#Cc1cnc2ccccc2c1N(CC(=O)O)CC(=O)O. The fourth-order valence-corrected chi connectivity index (χ4v) is 2.09. The maximum atomic E-state index is 11.0. The van der Waals surface area contributed by atoms with E-state index in [4.69, 9.17) is 10.2 Å². The van der Waals surface area contributed by atoms with Gasteiger partial charge in [0.25, 0.3) is 0 Å². The number of hydrogen-bond acceptors (Lipinski definition) is 5. The minimum atomic E-state index is -1.18. The summed E-state index contributed by atoms with van der Waals surface area (Å²) in [6.07, 6.45) is 1.31. The number of rotatable bonds is 5. The molecule has 1 aromatic carbocycles. The van der Waals surface area contributed by atoms with Crippen molar-refractivity contribution in [3.8, 4) is 6.07 Å². The van der Waals surface area contributed by atoms with Crippen LogP contribution >= 0.6 is 0 Å². The van der Waals surface area contributed by atoms with Crippen LogP contribution in [0.2, 0.25) is 0 Å². The monoisotopic (exact) mass is 285 g/mol. The zero-order valence-electron chi connectivity index (χ0n) is 10.9. The molecular weight excluding hydrogens is 274 g/mol. The van der Waals surface area contributed by atoms with Crippen LogP contribution in [0.4, 0.5) is 5.69 Å². The number of anilines is 1. The third-order valence-corrected chi connectivity index (χ3v) is 2.84. The van der Waals surface area contributed by atoms with Gasteiger partial charge in [0.2, 0.25) is 0 Å². The number of hydrogen-bond donors (Lipinski definition) is 2. The fourth-order valence-electron chi connectivity index (χ4n) is 2.09. The molecule has 106 valence electrons. The van der Waals surface area contributed by atoms with Gasteiger partial charge in [0.15, 0.2) is 0 Å². The Bertz CT molecular complexity index is 735. The smallest absolute Gasteiger partial charge is 0.323 e. The largest absolute Gasteiger partial charge is 0.480 e. The Morgan fingerprint density at radius 1 is 1.19 bits per heavy atom. The number of carbonyl (C=O) groups is 2. The lowest BCUT2D eigenvalue weighted by molar-refractivity contribution is -0.136. The average Bonchev–Trinajstić information content (AvgIpc) is 2.44. The molecule has 0 spiro atoms. The molecule has 1 heterocycles. The molecule has 0 aliphatic carbocycles. The van der Waals surface area contributed by atoms with Crippen LogP contribution in [0.3, 0.4) is 0 Å². The van der Waals surface area contributed by atoms with Crippen molar-refractivity contribution in [3.63, 3.8) is 0 Å². The van der Waals surface area contributed by atoms with Crippen molar-refractivity contribution >= 4 is 28.5 Å². The minimum Gasteiger partial charge on any atom is -0.480 e. The molecule has 0 saturated carbocycles. The van der Waals surface area contributed by atoms with E-state index in [9.17, 15) is 14.9 Å². The topological polar surface area (TPSA) is 115 Å². The van der Waals surface area contributed by atoms with E-state index in [1.165, 1.54) is 6.20 Å². The van der Waals surface area contributed by atoms with Crippen LogP contribution in [0.5, 0.6) is 0 Å². The van der Waals surface area contributed by atoms with Gasteiger partial charge in [0.05, 0.1) is 16.8 Å². The Hall–Kier alpha value is -3.14. The van der Waals surface area contributed by atoms with E-state index in [0.717, 1.165) is 4.90 Å². The van der Waals surface area contributed by atoms with Crippen molar-refractivity contribution in [3.05, 3.63) is 36.0 Å². The third kappa shape index (κ3) is 3.06. The van der Waals surface area contributed by atoms with Gasteiger partial charge in [-0.3, -0.25) is 14.6 Å². The maximum Gasteiger partial charge on any atom is 0.323 e. The van der Waals surface area contributed by atoms with Crippen molar-refractivity contribution in [1.82, 2.24) is 4.98 Å². The third-order valence-electron chi connectivity index (χ3n) is 2.84. The van der Waals surface area contributed by atoms with Crippen LogP contribution < -0.4 is 4.90 Å². The molecule has 0 fully saturated rings. The lowest BCUT2D eigenvalue weighted by atomic mass is 10.1. The molecule has 2 N–H and O–H groups in total. The van der Waals surface area contributed by atoms with Crippen molar-refractivity contribution in [1.29, 1.82) is 5.26 Å². The van der Waals surface area contributed by atoms with E-state index in [-0.39, 0.29) is 11.3 Å². The number of carboxylic acid groups (broad SMARTS) is 2. The van der Waals surface area contributed by atoms with Gasteiger partial charge in [-0.1, -0.05) is 18.2 Å². The predicted octanol–water partition coefficient (Wildman–Crippen LogP) is 1.08. The van der Waals surface area contributed by atoms with Crippen molar-refractivity contribution in [2.75, 3.05) is 18.0 Å². The van der Waals surface area contributed by atoms with Crippen molar-refractivity contribution in [2.24, 2.45) is 0 Å². The Morgan fingerprint density at radius 3 is 2.38 bits per heavy atom. The summed E-state index contributed by atoms with van der Waals surface area (Å²) in [6.45, 7) is -1.04. The Balaban J connectivity index is 2.67. The molecule has 7 nitrogen and oxygen atoms in total. The molecule has 0 atom stereocenters. The standard InChI is InChI=1S/C14H11N3O4/c15-5-9-6-16-11-4-2-1-3-10(11)14(9)17(7-12(18)19)8-13(20)21/h1-4,6H,7-8H2,(H,18,19)(H,20,21). The number of benzene rings is 1. The van der Waals surface area contributed by atoms with Gasteiger partial charge in [0.1, 0.15) is 19.2 Å². The number of fused-ring (bicyclic) bond motifs is 1. The molecule has 0 aliphatic rings. The van der Waals surface area contributed by atoms with Crippen LogP contribution in [0, 0.1) is 11.3 Å². The summed E-state index contributed by atoms with van der Waals surface area (Å²) in [5, 5.41) is 27.6. The normalized spacial score (nSPS) is 10.0. The number of aliphatic carboxylic acids is 2. The quantitative estimate of drug-likeness (QED) is 0.844. The second kappa shape index (κ2) is 5.88. The van der Waals surface area contributed by atoms with E-state index < -0.39 is 25.0 Å². The first-order valence-electron chi connectivity index (χ1n) is 5.99. The number of aromatic nitrogens is 1. The maximum absolute atomic E-state index is 11.0. The van der Waals surface area contributed by atoms with E-state index in [2.05, 4.69) is 4.98 Å². The lowest BCUT2D eigenvalue weighted by Crippen LogP contribution is -2.35. The second-order valence-electron chi connectivity index (χ2n) is 4.29. The molecule has 1 aromatic heterocycles.